The predicted molar refractivity (Wildman–Crippen MR) is 84.6 cm³/mol. The van der Waals surface area contributed by atoms with Crippen LogP contribution in [0.1, 0.15) is 37.0 Å². The third kappa shape index (κ3) is 1.93. The lowest BCUT2D eigenvalue weighted by Crippen LogP contribution is -2.44. The molecule has 5 nitrogen and oxygen atoms in total. The molecule has 1 saturated carbocycles. The molecular formula is C16H19N3O2S. The largest absolute Gasteiger partial charge is 0.286 e. The van der Waals surface area contributed by atoms with E-state index in [1.54, 1.807) is 28.3 Å². The van der Waals surface area contributed by atoms with Crippen LogP contribution in [0.2, 0.25) is 0 Å². The smallest absolute Gasteiger partial charge is 0.255 e. The average Bonchev–Trinajstić information content (AvgIpc) is 3.20. The van der Waals surface area contributed by atoms with E-state index in [9.17, 15) is 9.59 Å². The number of amides is 2. The Morgan fingerprint density at radius 2 is 1.95 bits per heavy atom. The molecular weight excluding hydrogens is 298 g/mol. The molecule has 0 bridgehead atoms. The van der Waals surface area contributed by atoms with Gasteiger partial charge in [0.25, 0.3) is 5.91 Å². The monoisotopic (exact) mass is 317 g/mol. The van der Waals surface area contributed by atoms with Crippen molar-refractivity contribution in [2.45, 2.75) is 44.2 Å². The minimum absolute atomic E-state index is 0.0431. The summed E-state index contributed by atoms with van der Waals surface area (Å²) in [6.07, 6.45) is 5.33. The Kier molecular flexibility index (Phi) is 3.29. The number of nitrogens with zero attached hydrogens (tertiary/aromatic N) is 3. The first-order valence-electron chi connectivity index (χ1n) is 7.90. The summed E-state index contributed by atoms with van der Waals surface area (Å²) < 4.78 is 0. The number of carbonyl (C=O) groups excluding carboxylic acids is 2. The van der Waals surface area contributed by atoms with Crippen LogP contribution >= 0.6 is 11.3 Å². The minimum atomic E-state index is -0.438. The first kappa shape index (κ1) is 13.9. The van der Waals surface area contributed by atoms with Gasteiger partial charge in [-0.1, -0.05) is 25.3 Å². The second kappa shape index (κ2) is 5.19. The number of hydrogen-bond acceptors (Lipinski definition) is 5. The van der Waals surface area contributed by atoms with Crippen LogP contribution in [0.3, 0.4) is 0 Å². The van der Waals surface area contributed by atoms with Gasteiger partial charge in [0.05, 0.1) is 10.6 Å². The van der Waals surface area contributed by atoms with Gasteiger partial charge in [-0.05, 0) is 24.3 Å². The molecule has 1 aromatic heterocycles. The third-order valence-corrected chi connectivity index (χ3v) is 5.88. The molecule has 2 atom stereocenters. The lowest BCUT2D eigenvalue weighted by molar-refractivity contribution is -0.143. The van der Waals surface area contributed by atoms with Crippen molar-refractivity contribution in [3.63, 3.8) is 0 Å². The highest BCUT2D eigenvalue weighted by Gasteiger charge is 2.57. The molecule has 4 rings (SSSR count). The molecule has 0 spiro atoms. The number of hydrazone groups is 1. The van der Waals surface area contributed by atoms with Gasteiger partial charge >= 0.3 is 0 Å². The van der Waals surface area contributed by atoms with E-state index < -0.39 is 12.0 Å². The maximum Gasteiger partial charge on any atom is 0.255 e. The van der Waals surface area contributed by atoms with Gasteiger partial charge in [0.1, 0.15) is 12.0 Å². The molecule has 1 aromatic rings. The molecule has 0 unspecified atom stereocenters. The van der Waals surface area contributed by atoms with E-state index in [2.05, 4.69) is 5.10 Å². The van der Waals surface area contributed by atoms with Crippen LogP contribution in [0.15, 0.2) is 22.6 Å². The van der Waals surface area contributed by atoms with Crippen LogP contribution in [0.4, 0.5) is 0 Å². The predicted octanol–water partition coefficient (Wildman–Crippen LogP) is 2.08. The summed E-state index contributed by atoms with van der Waals surface area (Å²) in [6, 6.07) is 3.58. The maximum absolute atomic E-state index is 13.0. The van der Waals surface area contributed by atoms with E-state index in [1.165, 1.54) is 6.42 Å². The number of likely N-dealkylation sites (N-methyl/N-ethyl adjacent to an activating group) is 1. The fourth-order valence-electron chi connectivity index (χ4n) is 3.94. The Balaban J connectivity index is 1.67. The first-order valence-corrected chi connectivity index (χ1v) is 8.78. The van der Waals surface area contributed by atoms with Crippen molar-refractivity contribution in [2.24, 2.45) is 11.0 Å². The van der Waals surface area contributed by atoms with E-state index in [0.717, 1.165) is 36.3 Å². The maximum atomic E-state index is 13.0. The van der Waals surface area contributed by atoms with E-state index in [4.69, 9.17) is 0 Å². The molecule has 3 aliphatic rings. The number of rotatable bonds is 2. The van der Waals surface area contributed by atoms with Crippen LogP contribution in [0.25, 0.3) is 0 Å². The Labute approximate surface area is 133 Å². The zero-order valence-corrected chi connectivity index (χ0v) is 13.4. The molecule has 0 radical (unpaired) electrons. The highest BCUT2D eigenvalue weighted by molar-refractivity contribution is 7.12. The van der Waals surface area contributed by atoms with Crippen molar-refractivity contribution in [2.75, 3.05) is 7.05 Å². The summed E-state index contributed by atoms with van der Waals surface area (Å²) in [5, 5.41) is 8.15. The highest BCUT2D eigenvalue weighted by atomic mass is 32.1. The summed E-state index contributed by atoms with van der Waals surface area (Å²) in [6.45, 7) is 0. The molecule has 6 heteroatoms. The summed E-state index contributed by atoms with van der Waals surface area (Å²) in [4.78, 5) is 28.3. The standard InChI is InChI=1S/C16H19N3O2S/c1-18-14-12(13(17-18)11-8-5-9-22-11)15(20)19(16(14)21)10-6-3-2-4-7-10/h5,8-10,12,14H,2-4,6-7H2,1H3/t12-,14-/m1/s1. The van der Waals surface area contributed by atoms with Crippen molar-refractivity contribution < 1.29 is 9.59 Å². The van der Waals surface area contributed by atoms with Crippen LogP contribution in [-0.2, 0) is 9.59 Å². The Morgan fingerprint density at radius 3 is 2.64 bits per heavy atom. The van der Waals surface area contributed by atoms with E-state index >= 15 is 0 Å². The summed E-state index contributed by atoms with van der Waals surface area (Å²) >= 11 is 1.57. The van der Waals surface area contributed by atoms with Crippen LogP contribution in [0.5, 0.6) is 0 Å². The molecule has 116 valence electrons. The number of fused-ring (bicyclic) bond motifs is 1. The van der Waals surface area contributed by atoms with Crippen LogP contribution in [0, 0.1) is 5.92 Å². The molecule has 22 heavy (non-hydrogen) atoms. The Bertz CT molecular complexity index is 634. The second-order valence-electron chi connectivity index (χ2n) is 6.30. The third-order valence-electron chi connectivity index (χ3n) is 4.99. The van der Waals surface area contributed by atoms with E-state index in [0.29, 0.717) is 0 Å². The van der Waals surface area contributed by atoms with Gasteiger partial charge < -0.3 is 0 Å². The SMILES string of the molecule is CN1N=C(c2cccs2)[C@H]2C(=O)N(C3CCCCC3)C(=O)[C@@H]21. The molecule has 2 fully saturated rings. The van der Waals surface area contributed by atoms with Crippen molar-refractivity contribution in [1.82, 2.24) is 9.91 Å². The topological polar surface area (TPSA) is 53.0 Å². The van der Waals surface area contributed by atoms with E-state index in [1.807, 2.05) is 17.5 Å². The van der Waals surface area contributed by atoms with Gasteiger partial charge in [0, 0.05) is 13.1 Å². The number of thiophene rings is 1. The molecule has 1 aliphatic carbocycles. The summed E-state index contributed by atoms with van der Waals surface area (Å²) in [5.74, 6) is -0.517. The molecule has 0 N–H and O–H groups in total. The molecule has 1 saturated heterocycles. The number of hydrogen-bond donors (Lipinski definition) is 0. The molecule has 3 heterocycles. The molecule has 0 aromatic carbocycles. The van der Waals surface area contributed by atoms with Crippen molar-refractivity contribution in [1.29, 1.82) is 0 Å². The minimum Gasteiger partial charge on any atom is -0.286 e. The van der Waals surface area contributed by atoms with Crippen molar-refractivity contribution >= 4 is 28.9 Å². The van der Waals surface area contributed by atoms with Gasteiger partial charge in [-0.25, -0.2) is 0 Å². The number of imide groups is 1. The fraction of sp³-hybridized carbons (Fsp3) is 0.562. The highest BCUT2D eigenvalue weighted by Crippen LogP contribution is 2.37. The lowest BCUT2D eigenvalue weighted by Gasteiger charge is -2.30. The quantitative estimate of drug-likeness (QED) is 0.785. The van der Waals surface area contributed by atoms with Gasteiger partial charge in [-0.3, -0.25) is 19.5 Å². The molecule has 2 amide bonds. The lowest BCUT2D eigenvalue weighted by atomic mass is 9.94. The second-order valence-corrected chi connectivity index (χ2v) is 7.24. The van der Waals surface area contributed by atoms with Gasteiger partial charge in [-0.15, -0.1) is 11.3 Å². The number of likely N-dealkylation sites (tertiary alicyclic amines) is 1. The zero-order valence-electron chi connectivity index (χ0n) is 12.6. The van der Waals surface area contributed by atoms with Crippen molar-refractivity contribution in [3.8, 4) is 0 Å². The normalized spacial score (nSPS) is 29.2. The molecule has 2 aliphatic heterocycles. The van der Waals surface area contributed by atoms with Gasteiger partial charge in [0.2, 0.25) is 5.91 Å². The average molecular weight is 317 g/mol. The van der Waals surface area contributed by atoms with Gasteiger partial charge in [-0.2, -0.15) is 5.10 Å². The van der Waals surface area contributed by atoms with E-state index in [-0.39, 0.29) is 17.9 Å². The van der Waals surface area contributed by atoms with Crippen LogP contribution < -0.4 is 0 Å². The first-order chi connectivity index (χ1) is 10.7. The summed E-state index contributed by atoms with van der Waals surface area (Å²) in [5.41, 5.74) is 0.763. The summed E-state index contributed by atoms with van der Waals surface area (Å²) in [7, 11) is 1.80. The Hall–Kier alpha value is -1.69. The van der Waals surface area contributed by atoms with Crippen LogP contribution in [-0.4, -0.2) is 46.6 Å². The Morgan fingerprint density at radius 1 is 1.18 bits per heavy atom. The van der Waals surface area contributed by atoms with Gasteiger partial charge in [0.15, 0.2) is 0 Å². The zero-order chi connectivity index (χ0) is 15.3. The fourth-order valence-corrected chi connectivity index (χ4v) is 4.69. The number of carbonyl (C=O) groups is 2. The van der Waals surface area contributed by atoms with Crippen molar-refractivity contribution in [3.05, 3.63) is 22.4 Å².